The lowest BCUT2D eigenvalue weighted by Gasteiger charge is -2.18. The van der Waals surface area contributed by atoms with Crippen LogP contribution in [0.2, 0.25) is 0 Å². The molecule has 4 rings (SSSR count). The SMILES string of the molecule is COc1ccc(OC)c(S(=O)(=O)Nc2ccc3c(c2)N(C(=O)C2CC2)CC3)c1. The van der Waals surface area contributed by atoms with Gasteiger partial charge in [0.05, 0.1) is 19.9 Å². The van der Waals surface area contributed by atoms with Gasteiger partial charge in [0, 0.05) is 24.2 Å². The number of amides is 1. The summed E-state index contributed by atoms with van der Waals surface area (Å²) in [6.07, 6.45) is 2.66. The van der Waals surface area contributed by atoms with E-state index in [1.165, 1.54) is 20.3 Å². The molecule has 1 amide bonds. The Morgan fingerprint density at radius 2 is 1.89 bits per heavy atom. The quantitative estimate of drug-likeness (QED) is 0.803. The molecule has 0 spiro atoms. The number of ether oxygens (including phenoxy) is 2. The molecule has 0 atom stereocenters. The number of rotatable bonds is 6. The van der Waals surface area contributed by atoms with Crippen molar-refractivity contribution < 1.29 is 22.7 Å². The molecule has 0 radical (unpaired) electrons. The van der Waals surface area contributed by atoms with Crippen LogP contribution in [0, 0.1) is 5.92 Å². The van der Waals surface area contributed by atoms with E-state index in [2.05, 4.69) is 4.72 Å². The Kier molecular flexibility index (Phi) is 4.66. The van der Waals surface area contributed by atoms with Crippen molar-refractivity contribution in [2.75, 3.05) is 30.4 Å². The highest BCUT2D eigenvalue weighted by Gasteiger charge is 2.36. The number of hydrogen-bond donors (Lipinski definition) is 1. The van der Waals surface area contributed by atoms with Gasteiger partial charge in [-0.05, 0) is 49.1 Å². The number of nitrogens with one attached hydrogen (secondary N) is 1. The van der Waals surface area contributed by atoms with Crippen molar-refractivity contribution in [2.24, 2.45) is 5.92 Å². The molecule has 0 unspecified atom stereocenters. The van der Waals surface area contributed by atoms with Crippen LogP contribution in [-0.4, -0.2) is 35.1 Å². The fourth-order valence-corrected chi connectivity index (χ4v) is 4.66. The summed E-state index contributed by atoms with van der Waals surface area (Å²) in [5, 5.41) is 0. The lowest BCUT2D eigenvalue weighted by atomic mass is 10.1. The molecule has 1 aliphatic carbocycles. The molecule has 1 aliphatic heterocycles. The van der Waals surface area contributed by atoms with E-state index in [9.17, 15) is 13.2 Å². The largest absolute Gasteiger partial charge is 0.497 e. The highest BCUT2D eigenvalue weighted by Crippen LogP contribution is 2.38. The van der Waals surface area contributed by atoms with E-state index in [0.29, 0.717) is 18.0 Å². The molecular weight excluding hydrogens is 380 g/mol. The van der Waals surface area contributed by atoms with Crippen LogP contribution in [0.15, 0.2) is 41.3 Å². The van der Waals surface area contributed by atoms with Gasteiger partial charge in [-0.1, -0.05) is 6.07 Å². The maximum atomic E-state index is 13.0. The Labute approximate surface area is 164 Å². The summed E-state index contributed by atoms with van der Waals surface area (Å²) in [6.45, 7) is 0.643. The van der Waals surface area contributed by atoms with Gasteiger partial charge in [0.2, 0.25) is 5.91 Å². The zero-order valence-corrected chi connectivity index (χ0v) is 16.6. The van der Waals surface area contributed by atoms with E-state index in [1.807, 2.05) is 6.07 Å². The fourth-order valence-electron chi connectivity index (χ4n) is 3.43. The number of benzene rings is 2. The maximum absolute atomic E-state index is 13.0. The Morgan fingerprint density at radius 1 is 1.11 bits per heavy atom. The molecule has 0 saturated heterocycles. The van der Waals surface area contributed by atoms with Crippen molar-refractivity contribution in [2.45, 2.75) is 24.2 Å². The van der Waals surface area contributed by atoms with Crippen molar-refractivity contribution in [3.05, 3.63) is 42.0 Å². The van der Waals surface area contributed by atoms with Gasteiger partial charge in [0.15, 0.2) is 0 Å². The van der Waals surface area contributed by atoms with Gasteiger partial charge in [0.25, 0.3) is 10.0 Å². The number of anilines is 2. The van der Waals surface area contributed by atoms with Crippen LogP contribution < -0.4 is 19.1 Å². The number of sulfonamides is 1. The van der Waals surface area contributed by atoms with Gasteiger partial charge in [-0.3, -0.25) is 9.52 Å². The molecule has 148 valence electrons. The summed E-state index contributed by atoms with van der Waals surface area (Å²) in [6, 6.07) is 9.91. The monoisotopic (exact) mass is 402 g/mol. The fraction of sp³-hybridized carbons (Fsp3) is 0.350. The van der Waals surface area contributed by atoms with Crippen LogP contribution in [0.25, 0.3) is 0 Å². The molecule has 1 fully saturated rings. The summed E-state index contributed by atoms with van der Waals surface area (Å²) in [5.41, 5.74) is 2.24. The van der Waals surface area contributed by atoms with Crippen LogP contribution in [0.5, 0.6) is 11.5 Å². The minimum atomic E-state index is -3.91. The summed E-state index contributed by atoms with van der Waals surface area (Å²) in [7, 11) is -1.02. The maximum Gasteiger partial charge on any atom is 0.265 e. The number of methoxy groups -OCH3 is 2. The molecule has 8 heteroatoms. The summed E-state index contributed by atoms with van der Waals surface area (Å²) in [4.78, 5) is 14.3. The third-order valence-corrected chi connectivity index (χ3v) is 6.49. The van der Waals surface area contributed by atoms with Crippen molar-refractivity contribution in [3.63, 3.8) is 0 Å². The van der Waals surface area contributed by atoms with Gasteiger partial charge in [0.1, 0.15) is 16.4 Å². The van der Waals surface area contributed by atoms with Crippen molar-refractivity contribution >= 4 is 27.3 Å². The topological polar surface area (TPSA) is 84.9 Å². The summed E-state index contributed by atoms with van der Waals surface area (Å²) < 4.78 is 38.8. The van der Waals surface area contributed by atoms with Crippen molar-refractivity contribution in [1.82, 2.24) is 0 Å². The first-order chi connectivity index (χ1) is 13.4. The van der Waals surface area contributed by atoms with Crippen LogP contribution in [0.3, 0.4) is 0 Å². The van der Waals surface area contributed by atoms with Crippen molar-refractivity contribution in [1.29, 1.82) is 0 Å². The molecule has 1 saturated carbocycles. The number of fused-ring (bicyclic) bond motifs is 1. The van der Waals surface area contributed by atoms with Gasteiger partial charge in [-0.25, -0.2) is 8.42 Å². The second-order valence-electron chi connectivity index (χ2n) is 6.98. The molecule has 2 aromatic carbocycles. The molecule has 0 aromatic heterocycles. The Bertz CT molecular complexity index is 1030. The average Bonchev–Trinajstić information content (AvgIpc) is 3.46. The van der Waals surface area contributed by atoms with Crippen molar-refractivity contribution in [3.8, 4) is 11.5 Å². The van der Waals surface area contributed by atoms with Gasteiger partial charge < -0.3 is 14.4 Å². The van der Waals surface area contributed by atoms with E-state index >= 15 is 0 Å². The summed E-state index contributed by atoms with van der Waals surface area (Å²) in [5.74, 6) is 0.886. The minimum absolute atomic E-state index is 0.0132. The number of nitrogens with zero attached hydrogens (tertiary/aromatic N) is 1. The molecule has 0 bridgehead atoms. The third-order valence-electron chi connectivity index (χ3n) is 5.09. The zero-order chi connectivity index (χ0) is 19.9. The zero-order valence-electron chi connectivity index (χ0n) is 15.8. The molecule has 2 aromatic rings. The highest BCUT2D eigenvalue weighted by molar-refractivity contribution is 7.92. The Hall–Kier alpha value is -2.74. The molecule has 7 nitrogen and oxygen atoms in total. The first-order valence-corrected chi connectivity index (χ1v) is 10.6. The first-order valence-electron chi connectivity index (χ1n) is 9.12. The highest BCUT2D eigenvalue weighted by atomic mass is 32.2. The van der Waals surface area contributed by atoms with Crippen LogP contribution >= 0.6 is 0 Å². The molecule has 1 N–H and O–H groups in total. The third kappa shape index (κ3) is 3.40. The van der Waals surface area contributed by atoms with E-state index < -0.39 is 10.0 Å². The first kappa shape index (κ1) is 18.6. The van der Waals surface area contributed by atoms with E-state index in [0.717, 1.165) is 30.5 Å². The second-order valence-corrected chi connectivity index (χ2v) is 8.63. The van der Waals surface area contributed by atoms with E-state index in [-0.39, 0.29) is 22.5 Å². The van der Waals surface area contributed by atoms with E-state index in [1.54, 1.807) is 29.2 Å². The average molecular weight is 402 g/mol. The Balaban J connectivity index is 1.64. The second kappa shape index (κ2) is 7.01. The van der Waals surface area contributed by atoms with Crippen LogP contribution in [0.1, 0.15) is 18.4 Å². The number of carbonyl (C=O) groups excluding carboxylic acids is 1. The summed E-state index contributed by atoms with van der Waals surface area (Å²) >= 11 is 0. The van der Waals surface area contributed by atoms with E-state index in [4.69, 9.17) is 9.47 Å². The number of carbonyl (C=O) groups is 1. The predicted octanol–water partition coefficient (Wildman–Crippen LogP) is 2.80. The Morgan fingerprint density at radius 3 is 2.57 bits per heavy atom. The predicted molar refractivity (Wildman–Crippen MR) is 106 cm³/mol. The normalized spacial score (nSPS) is 15.9. The molecule has 1 heterocycles. The van der Waals surface area contributed by atoms with Gasteiger partial charge in [-0.15, -0.1) is 0 Å². The lowest BCUT2D eigenvalue weighted by Crippen LogP contribution is -2.30. The molecule has 28 heavy (non-hydrogen) atoms. The molecule has 2 aliphatic rings. The lowest BCUT2D eigenvalue weighted by molar-refractivity contribution is -0.119. The minimum Gasteiger partial charge on any atom is -0.497 e. The van der Waals surface area contributed by atoms with Gasteiger partial charge >= 0.3 is 0 Å². The smallest absolute Gasteiger partial charge is 0.265 e. The standard InChI is InChI=1S/C20H22N2O5S/c1-26-16-7-8-18(27-2)19(12-16)28(24,25)21-15-6-5-13-9-10-22(17(13)11-15)20(23)14-3-4-14/h5-8,11-12,14,21H,3-4,9-10H2,1-2H3. The van der Waals surface area contributed by atoms with Crippen LogP contribution in [-0.2, 0) is 21.2 Å². The van der Waals surface area contributed by atoms with Crippen LogP contribution in [0.4, 0.5) is 11.4 Å². The van der Waals surface area contributed by atoms with Gasteiger partial charge in [-0.2, -0.15) is 0 Å². The molecular formula is C20H22N2O5S. The number of hydrogen-bond acceptors (Lipinski definition) is 5.